The van der Waals surface area contributed by atoms with Crippen molar-refractivity contribution in [1.29, 1.82) is 0 Å². The lowest BCUT2D eigenvalue weighted by molar-refractivity contribution is -0.393. The Hall–Kier alpha value is -3.89. The Morgan fingerprint density at radius 1 is 1.06 bits per heavy atom. The topological polar surface area (TPSA) is 129 Å². The summed E-state index contributed by atoms with van der Waals surface area (Å²) in [6.45, 7) is 0.123. The monoisotopic (exact) mass is 490 g/mol. The smallest absolute Gasteiger partial charge is 0.301 e. The molecule has 3 aromatic carbocycles. The Morgan fingerprint density at radius 2 is 1.85 bits per heavy atom. The molecule has 0 fully saturated rings. The Kier molecular flexibility index (Phi) is 7.65. The van der Waals surface area contributed by atoms with Crippen LogP contribution in [-0.2, 0) is 6.61 Å². The third kappa shape index (κ3) is 5.88. The minimum absolute atomic E-state index is 0.0137. The molecule has 0 heterocycles. The second-order valence-corrected chi connectivity index (χ2v) is 7.33. The molecule has 0 bridgehead atoms. The molecule has 0 unspecified atom stereocenters. The van der Waals surface area contributed by atoms with E-state index in [1.807, 2.05) is 0 Å². The van der Waals surface area contributed by atoms with E-state index in [1.54, 1.807) is 36.4 Å². The standard InChI is InChI=1S/C21H16Cl2N4O6/c1-32-20-4-2-3-13(21(20)33-12-14-5-6-15(22)9-17(14)23)11-24-25-18-8-7-16(26(28)29)10-19(18)27(30)31/h2-11,25H,12H2,1H3/b24-11-. The fraction of sp³-hybridized carbons (Fsp3) is 0.0952. The van der Waals surface area contributed by atoms with Crippen molar-refractivity contribution in [2.75, 3.05) is 12.5 Å². The Bertz CT molecular complexity index is 1240. The molecule has 0 saturated heterocycles. The average molecular weight is 491 g/mol. The van der Waals surface area contributed by atoms with Crippen LogP contribution >= 0.6 is 23.2 Å². The normalized spacial score (nSPS) is 10.8. The lowest BCUT2D eigenvalue weighted by Crippen LogP contribution is -2.02. The Morgan fingerprint density at radius 3 is 2.52 bits per heavy atom. The third-order valence-electron chi connectivity index (χ3n) is 4.39. The van der Waals surface area contributed by atoms with E-state index in [2.05, 4.69) is 10.5 Å². The molecule has 0 saturated carbocycles. The molecule has 3 rings (SSSR count). The summed E-state index contributed by atoms with van der Waals surface area (Å²) < 4.78 is 11.3. The van der Waals surface area contributed by atoms with Gasteiger partial charge < -0.3 is 9.47 Å². The van der Waals surface area contributed by atoms with Gasteiger partial charge >= 0.3 is 5.69 Å². The molecule has 0 amide bonds. The van der Waals surface area contributed by atoms with Crippen LogP contribution in [0.1, 0.15) is 11.1 Å². The number of nitrogens with zero attached hydrogens (tertiary/aromatic N) is 3. The molecule has 33 heavy (non-hydrogen) atoms. The van der Waals surface area contributed by atoms with Crippen LogP contribution in [0.3, 0.4) is 0 Å². The van der Waals surface area contributed by atoms with Crippen molar-refractivity contribution in [2.24, 2.45) is 5.10 Å². The van der Waals surface area contributed by atoms with Crippen molar-refractivity contribution in [2.45, 2.75) is 6.61 Å². The van der Waals surface area contributed by atoms with Gasteiger partial charge in [-0.15, -0.1) is 0 Å². The van der Waals surface area contributed by atoms with E-state index in [-0.39, 0.29) is 12.3 Å². The molecular formula is C21H16Cl2N4O6. The second-order valence-electron chi connectivity index (χ2n) is 6.49. The summed E-state index contributed by atoms with van der Waals surface area (Å²) in [6.07, 6.45) is 1.38. The van der Waals surface area contributed by atoms with E-state index in [4.69, 9.17) is 32.7 Å². The molecule has 0 aromatic heterocycles. The molecule has 10 nitrogen and oxygen atoms in total. The maximum Gasteiger partial charge on any atom is 0.301 e. The zero-order valence-corrected chi connectivity index (χ0v) is 18.5. The van der Waals surface area contributed by atoms with Gasteiger partial charge in [0, 0.05) is 27.2 Å². The van der Waals surface area contributed by atoms with Crippen molar-refractivity contribution < 1.29 is 19.3 Å². The number of benzene rings is 3. The minimum atomic E-state index is -0.735. The van der Waals surface area contributed by atoms with Crippen molar-refractivity contribution in [1.82, 2.24) is 0 Å². The highest BCUT2D eigenvalue weighted by Gasteiger charge is 2.19. The van der Waals surface area contributed by atoms with Gasteiger partial charge in [-0.3, -0.25) is 25.7 Å². The fourth-order valence-corrected chi connectivity index (χ4v) is 3.25. The van der Waals surface area contributed by atoms with Gasteiger partial charge in [0.05, 0.1) is 29.2 Å². The Labute approximate surface area is 197 Å². The van der Waals surface area contributed by atoms with Crippen LogP contribution in [0.5, 0.6) is 11.5 Å². The van der Waals surface area contributed by atoms with Gasteiger partial charge in [0.1, 0.15) is 12.3 Å². The van der Waals surface area contributed by atoms with Gasteiger partial charge in [0.15, 0.2) is 11.5 Å². The molecule has 12 heteroatoms. The Balaban J connectivity index is 1.84. The number of hydrogen-bond acceptors (Lipinski definition) is 8. The van der Waals surface area contributed by atoms with Gasteiger partial charge in [-0.2, -0.15) is 5.10 Å². The van der Waals surface area contributed by atoms with Gasteiger partial charge in [-0.1, -0.05) is 35.3 Å². The van der Waals surface area contributed by atoms with Crippen LogP contribution in [0.2, 0.25) is 10.0 Å². The summed E-state index contributed by atoms with van der Waals surface area (Å²) in [6, 6.07) is 13.4. The predicted octanol–water partition coefficient (Wildman–Crippen LogP) is 5.84. The summed E-state index contributed by atoms with van der Waals surface area (Å²) in [5, 5.41) is 27.1. The molecule has 0 aliphatic rings. The van der Waals surface area contributed by atoms with E-state index < -0.39 is 21.2 Å². The van der Waals surface area contributed by atoms with Gasteiger partial charge in [-0.05, 0) is 30.3 Å². The number of para-hydroxylation sites is 1. The summed E-state index contributed by atoms with van der Waals surface area (Å²) in [7, 11) is 1.48. The average Bonchev–Trinajstić information content (AvgIpc) is 2.78. The molecule has 0 spiro atoms. The van der Waals surface area contributed by atoms with Crippen LogP contribution in [0.15, 0.2) is 59.7 Å². The number of ether oxygens (including phenoxy) is 2. The van der Waals surface area contributed by atoms with Crippen molar-refractivity contribution >= 4 is 46.5 Å². The first-order valence-electron chi connectivity index (χ1n) is 9.25. The molecule has 3 aromatic rings. The maximum absolute atomic E-state index is 11.3. The number of anilines is 1. The molecule has 1 N–H and O–H groups in total. The zero-order chi connectivity index (χ0) is 24.0. The van der Waals surface area contributed by atoms with Crippen molar-refractivity contribution in [3.8, 4) is 11.5 Å². The van der Waals surface area contributed by atoms with Crippen LogP contribution < -0.4 is 14.9 Å². The number of hydrogen-bond donors (Lipinski definition) is 1. The molecule has 170 valence electrons. The van der Waals surface area contributed by atoms with E-state index in [1.165, 1.54) is 19.4 Å². The molecule has 0 atom stereocenters. The predicted molar refractivity (Wildman–Crippen MR) is 125 cm³/mol. The second kappa shape index (κ2) is 10.6. The van der Waals surface area contributed by atoms with Crippen LogP contribution in [-0.4, -0.2) is 23.2 Å². The van der Waals surface area contributed by atoms with Crippen LogP contribution in [0.4, 0.5) is 17.1 Å². The van der Waals surface area contributed by atoms with E-state index in [0.29, 0.717) is 32.7 Å². The highest BCUT2D eigenvalue weighted by Crippen LogP contribution is 2.32. The molecule has 0 radical (unpaired) electrons. The fourth-order valence-electron chi connectivity index (χ4n) is 2.79. The summed E-state index contributed by atoms with van der Waals surface area (Å²) >= 11 is 12.1. The lowest BCUT2D eigenvalue weighted by Gasteiger charge is -2.14. The van der Waals surface area contributed by atoms with Gasteiger partial charge in [-0.25, -0.2) is 0 Å². The van der Waals surface area contributed by atoms with E-state index in [0.717, 1.165) is 12.1 Å². The quantitative estimate of drug-likeness (QED) is 0.226. The number of rotatable bonds is 9. The van der Waals surface area contributed by atoms with Gasteiger partial charge in [0.25, 0.3) is 5.69 Å². The number of hydrazone groups is 1. The molecule has 0 aliphatic heterocycles. The number of nitro groups is 2. The SMILES string of the molecule is COc1cccc(/C=N\Nc2ccc([N+](=O)[O-])cc2[N+](=O)[O-])c1OCc1ccc(Cl)cc1Cl. The van der Waals surface area contributed by atoms with Crippen LogP contribution in [0.25, 0.3) is 0 Å². The number of nitro benzene ring substituents is 2. The maximum atomic E-state index is 11.3. The zero-order valence-electron chi connectivity index (χ0n) is 17.0. The third-order valence-corrected chi connectivity index (χ3v) is 4.98. The summed E-state index contributed by atoms with van der Waals surface area (Å²) in [4.78, 5) is 20.7. The highest BCUT2D eigenvalue weighted by molar-refractivity contribution is 6.35. The van der Waals surface area contributed by atoms with E-state index >= 15 is 0 Å². The van der Waals surface area contributed by atoms with Crippen molar-refractivity contribution in [3.63, 3.8) is 0 Å². The van der Waals surface area contributed by atoms with Gasteiger partial charge in [0.2, 0.25) is 0 Å². The first-order valence-corrected chi connectivity index (χ1v) is 10.0. The number of halogens is 2. The summed E-state index contributed by atoms with van der Waals surface area (Å²) in [5.41, 5.74) is 2.85. The molecular weight excluding hydrogens is 475 g/mol. The lowest BCUT2D eigenvalue weighted by atomic mass is 10.2. The number of methoxy groups -OCH3 is 1. The molecule has 0 aliphatic carbocycles. The highest BCUT2D eigenvalue weighted by atomic mass is 35.5. The first kappa shape index (κ1) is 23.8. The van der Waals surface area contributed by atoms with Crippen LogP contribution in [0, 0.1) is 20.2 Å². The van der Waals surface area contributed by atoms with Crippen molar-refractivity contribution in [3.05, 3.63) is 96.0 Å². The minimum Gasteiger partial charge on any atom is -0.493 e. The summed E-state index contributed by atoms with van der Waals surface area (Å²) in [5.74, 6) is 0.806. The van der Waals surface area contributed by atoms with E-state index in [9.17, 15) is 20.2 Å². The number of non-ortho nitro benzene ring substituents is 1. The largest absolute Gasteiger partial charge is 0.493 e. The number of nitrogens with one attached hydrogen (secondary N) is 1. The first-order chi connectivity index (χ1) is 15.8.